The largest absolute Gasteiger partial charge is 0.361 e. The zero-order valence-corrected chi connectivity index (χ0v) is 17.1. The van der Waals surface area contributed by atoms with Crippen LogP contribution in [0, 0.1) is 0 Å². The number of para-hydroxylation sites is 1. The fraction of sp³-hybridized carbons (Fsp3) is 0.348. The summed E-state index contributed by atoms with van der Waals surface area (Å²) < 4.78 is 0. The van der Waals surface area contributed by atoms with Crippen molar-refractivity contribution in [2.24, 2.45) is 4.99 Å². The number of rotatable bonds is 8. The monoisotopic (exact) mass is 377 g/mol. The van der Waals surface area contributed by atoms with Crippen LogP contribution in [0.4, 0.5) is 0 Å². The van der Waals surface area contributed by atoms with Gasteiger partial charge in [0, 0.05) is 36.7 Å². The van der Waals surface area contributed by atoms with Crippen LogP contribution in [-0.4, -0.2) is 43.0 Å². The SMILES string of the molecule is CCNC(=NCc1cccc(CN(C)C)c1)NCCc1c[nH]c2ccccc12. The second-order valence-corrected chi connectivity index (χ2v) is 7.29. The van der Waals surface area contributed by atoms with E-state index in [2.05, 4.69) is 96.3 Å². The average molecular weight is 378 g/mol. The van der Waals surface area contributed by atoms with Crippen LogP contribution in [0.25, 0.3) is 10.9 Å². The number of aromatic nitrogens is 1. The number of hydrogen-bond acceptors (Lipinski definition) is 2. The van der Waals surface area contributed by atoms with Gasteiger partial charge in [-0.3, -0.25) is 0 Å². The summed E-state index contributed by atoms with van der Waals surface area (Å²) in [5, 5.41) is 8.09. The van der Waals surface area contributed by atoms with Crippen molar-refractivity contribution in [3.05, 3.63) is 71.4 Å². The summed E-state index contributed by atoms with van der Waals surface area (Å²) in [7, 11) is 4.18. The van der Waals surface area contributed by atoms with Gasteiger partial charge in [0.05, 0.1) is 6.54 Å². The molecule has 3 rings (SSSR count). The van der Waals surface area contributed by atoms with Crippen molar-refractivity contribution in [2.75, 3.05) is 27.2 Å². The maximum absolute atomic E-state index is 4.76. The molecule has 0 atom stereocenters. The molecule has 5 heteroatoms. The van der Waals surface area contributed by atoms with Gasteiger partial charge in [-0.25, -0.2) is 4.99 Å². The zero-order chi connectivity index (χ0) is 19.8. The molecule has 28 heavy (non-hydrogen) atoms. The predicted molar refractivity (Wildman–Crippen MR) is 119 cm³/mol. The first-order chi connectivity index (χ1) is 13.7. The van der Waals surface area contributed by atoms with Gasteiger partial charge in [-0.1, -0.05) is 42.5 Å². The van der Waals surface area contributed by atoms with Crippen molar-refractivity contribution in [1.82, 2.24) is 20.5 Å². The molecule has 1 aromatic heterocycles. The Kier molecular flexibility index (Phi) is 7.09. The number of fused-ring (bicyclic) bond motifs is 1. The number of benzene rings is 2. The van der Waals surface area contributed by atoms with Crippen molar-refractivity contribution in [3.63, 3.8) is 0 Å². The van der Waals surface area contributed by atoms with E-state index in [4.69, 9.17) is 4.99 Å². The first-order valence-electron chi connectivity index (χ1n) is 9.95. The van der Waals surface area contributed by atoms with Gasteiger partial charge in [0.25, 0.3) is 0 Å². The number of guanidine groups is 1. The molecule has 0 fully saturated rings. The third-order valence-corrected chi connectivity index (χ3v) is 4.62. The van der Waals surface area contributed by atoms with Crippen LogP contribution in [-0.2, 0) is 19.5 Å². The van der Waals surface area contributed by atoms with E-state index in [0.717, 1.165) is 32.0 Å². The summed E-state index contributed by atoms with van der Waals surface area (Å²) in [5.74, 6) is 0.861. The van der Waals surface area contributed by atoms with E-state index in [0.29, 0.717) is 6.54 Å². The van der Waals surface area contributed by atoms with Crippen molar-refractivity contribution in [2.45, 2.75) is 26.4 Å². The molecule has 3 aromatic rings. The number of nitrogens with zero attached hydrogens (tertiary/aromatic N) is 2. The Morgan fingerprint density at radius 1 is 1.04 bits per heavy atom. The van der Waals surface area contributed by atoms with Crippen molar-refractivity contribution in [3.8, 4) is 0 Å². The Morgan fingerprint density at radius 2 is 1.86 bits per heavy atom. The summed E-state index contributed by atoms with van der Waals surface area (Å²) in [6.07, 6.45) is 3.05. The lowest BCUT2D eigenvalue weighted by Gasteiger charge is -2.12. The van der Waals surface area contributed by atoms with Crippen LogP contribution in [0.15, 0.2) is 59.7 Å². The summed E-state index contributed by atoms with van der Waals surface area (Å²) in [5.41, 5.74) is 5.06. The fourth-order valence-electron chi connectivity index (χ4n) is 3.36. The van der Waals surface area contributed by atoms with Crippen LogP contribution in [0.3, 0.4) is 0 Å². The lowest BCUT2D eigenvalue weighted by atomic mass is 10.1. The molecule has 0 spiro atoms. The summed E-state index contributed by atoms with van der Waals surface area (Å²) in [6, 6.07) is 17.1. The highest BCUT2D eigenvalue weighted by Gasteiger charge is 2.04. The molecule has 5 nitrogen and oxygen atoms in total. The first-order valence-corrected chi connectivity index (χ1v) is 9.95. The number of H-pyrrole nitrogens is 1. The molecule has 0 saturated heterocycles. The highest BCUT2D eigenvalue weighted by molar-refractivity contribution is 5.83. The van der Waals surface area contributed by atoms with E-state index in [1.165, 1.54) is 27.6 Å². The Balaban J connectivity index is 1.58. The molecule has 0 radical (unpaired) electrons. The van der Waals surface area contributed by atoms with Crippen LogP contribution in [0.1, 0.15) is 23.6 Å². The van der Waals surface area contributed by atoms with Gasteiger partial charge in [-0.15, -0.1) is 0 Å². The lowest BCUT2D eigenvalue weighted by Crippen LogP contribution is -2.38. The molecular weight excluding hydrogens is 346 g/mol. The van der Waals surface area contributed by atoms with E-state index < -0.39 is 0 Å². The minimum atomic E-state index is 0.670. The fourth-order valence-corrected chi connectivity index (χ4v) is 3.36. The molecule has 0 aliphatic carbocycles. The Labute approximate surface area is 167 Å². The molecule has 2 aromatic carbocycles. The normalized spacial score (nSPS) is 11.9. The topological polar surface area (TPSA) is 55.5 Å². The van der Waals surface area contributed by atoms with Gasteiger partial charge in [-0.2, -0.15) is 0 Å². The van der Waals surface area contributed by atoms with Gasteiger partial charge in [0.2, 0.25) is 0 Å². The minimum absolute atomic E-state index is 0.670. The third-order valence-electron chi connectivity index (χ3n) is 4.62. The Morgan fingerprint density at radius 3 is 2.68 bits per heavy atom. The lowest BCUT2D eigenvalue weighted by molar-refractivity contribution is 0.402. The second-order valence-electron chi connectivity index (χ2n) is 7.29. The maximum Gasteiger partial charge on any atom is 0.191 e. The minimum Gasteiger partial charge on any atom is -0.361 e. The van der Waals surface area contributed by atoms with E-state index >= 15 is 0 Å². The van der Waals surface area contributed by atoms with E-state index in [9.17, 15) is 0 Å². The average Bonchev–Trinajstić information content (AvgIpc) is 3.09. The number of hydrogen-bond donors (Lipinski definition) is 3. The molecule has 148 valence electrons. The zero-order valence-electron chi connectivity index (χ0n) is 17.1. The predicted octanol–water partition coefficient (Wildman–Crippen LogP) is 3.53. The van der Waals surface area contributed by atoms with Gasteiger partial charge >= 0.3 is 0 Å². The van der Waals surface area contributed by atoms with Gasteiger partial charge in [0.1, 0.15) is 0 Å². The quantitative estimate of drug-likeness (QED) is 0.416. The second kappa shape index (κ2) is 9.95. The molecular formula is C23H31N5. The van der Waals surface area contributed by atoms with Crippen LogP contribution < -0.4 is 10.6 Å². The van der Waals surface area contributed by atoms with Crippen molar-refractivity contribution < 1.29 is 0 Å². The molecule has 1 heterocycles. The van der Waals surface area contributed by atoms with Crippen molar-refractivity contribution >= 4 is 16.9 Å². The standard InChI is InChI=1S/C23H31N5/c1-4-24-23(27-15-18-8-7-9-19(14-18)17-28(2)3)25-13-12-20-16-26-22-11-6-5-10-21(20)22/h5-11,14,16,26H,4,12-13,15,17H2,1-3H3,(H2,24,25,27). The molecule has 0 aliphatic heterocycles. The number of nitrogens with one attached hydrogen (secondary N) is 3. The summed E-state index contributed by atoms with van der Waals surface area (Å²) in [6.45, 7) is 5.40. The third kappa shape index (κ3) is 5.60. The number of aliphatic imine (C=N–C) groups is 1. The first kappa shape index (κ1) is 20.0. The van der Waals surface area contributed by atoms with Crippen LogP contribution in [0.5, 0.6) is 0 Å². The molecule has 0 bridgehead atoms. The van der Waals surface area contributed by atoms with Gasteiger partial charge < -0.3 is 20.5 Å². The Bertz CT molecular complexity index is 910. The van der Waals surface area contributed by atoms with E-state index in [1.54, 1.807) is 0 Å². The molecule has 0 amide bonds. The van der Waals surface area contributed by atoms with E-state index in [1.807, 2.05) is 0 Å². The van der Waals surface area contributed by atoms with E-state index in [-0.39, 0.29) is 0 Å². The summed E-state index contributed by atoms with van der Waals surface area (Å²) >= 11 is 0. The van der Waals surface area contributed by atoms with Gasteiger partial charge in [0.15, 0.2) is 5.96 Å². The smallest absolute Gasteiger partial charge is 0.191 e. The maximum atomic E-state index is 4.76. The molecule has 3 N–H and O–H groups in total. The highest BCUT2D eigenvalue weighted by atomic mass is 15.2. The Hall–Kier alpha value is -2.79. The number of aromatic amines is 1. The molecule has 0 unspecified atom stereocenters. The summed E-state index contributed by atoms with van der Waals surface area (Å²) in [4.78, 5) is 10.3. The molecule has 0 saturated carbocycles. The van der Waals surface area contributed by atoms with Crippen LogP contribution in [0.2, 0.25) is 0 Å². The highest BCUT2D eigenvalue weighted by Crippen LogP contribution is 2.17. The van der Waals surface area contributed by atoms with Gasteiger partial charge in [-0.05, 0) is 50.2 Å². The molecule has 0 aliphatic rings. The van der Waals surface area contributed by atoms with Crippen molar-refractivity contribution in [1.29, 1.82) is 0 Å². The van der Waals surface area contributed by atoms with Crippen LogP contribution >= 0.6 is 0 Å².